The maximum Gasteiger partial charge on any atom is 0.416 e. The summed E-state index contributed by atoms with van der Waals surface area (Å²) in [6.07, 6.45) is 6.75. The predicted molar refractivity (Wildman–Crippen MR) is 161 cm³/mol. The summed E-state index contributed by atoms with van der Waals surface area (Å²) in [6.45, 7) is 6.74. The molecule has 2 aliphatic rings. The van der Waals surface area contributed by atoms with Crippen LogP contribution >= 0.6 is 0 Å². The molecule has 2 saturated carbocycles. The van der Waals surface area contributed by atoms with E-state index in [2.05, 4.69) is 13.8 Å². The van der Waals surface area contributed by atoms with E-state index in [0.717, 1.165) is 69.8 Å². The summed E-state index contributed by atoms with van der Waals surface area (Å²) in [5.74, 6) is -1.46. The van der Waals surface area contributed by atoms with Crippen LogP contribution in [0.15, 0.2) is 36.4 Å². The van der Waals surface area contributed by atoms with Crippen molar-refractivity contribution < 1.29 is 45.8 Å². The quantitative estimate of drug-likeness (QED) is 0.147. The van der Waals surface area contributed by atoms with Crippen molar-refractivity contribution in [1.82, 2.24) is 0 Å². The van der Waals surface area contributed by atoms with Crippen molar-refractivity contribution in [3.63, 3.8) is 0 Å². The van der Waals surface area contributed by atoms with Crippen molar-refractivity contribution in [3.05, 3.63) is 53.6 Å². The molecule has 0 spiro atoms. The molecule has 0 atom stereocenters. The molecule has 2 fully saturated rings. The number of carbonyl (C=O) groups excluding carboxylic acids is 2. The third-order valence-electron chi connectivity index (χ3n) is 8.69. The number of ether oxygens (including phenoxy) is 3. The average molecular weight is 641 g/mol. The molecule has 0 heterocycles. The summed E-state index contributed by atoms with van der Waals surface area (Å²) < 4.78 is 80.5. The molecule has 2 aromatic rings. The largest absolute Gasteiger partial charge is 0.491 e. The second-order valence-electron chi connectivity index (χ2n) is 12.1. The molecule has 5 nitrogen and oxygen atoms in total. The molecule has 0 radical (unpaired) electrons. The molecule has 0 aliphatic heterocycles. The summed E-state index contributed by atoms with van der Waals surface area (Å²) in [6, 6.07) is 6.25. The Bertz CT molecular complexity index is 1230. The molecule has 2 aromatic carbocycles. The van der Waals surface area contributed by atoms with Gasteiger partial charge in [-0.3, -0.25) is 9.59 Å². The Morgan fingerprint density at radius 2 is 1.27 bits per heavy atom. The number of benzene rings is 2. The van der Waals surface area contributed by atoms with Gasteiger partial charge in [-0.25, -0.2) is 8.78 Å². The molecular weight excluding hydrogens is 595 g/mol. The smallest absolute Gasteiger partial charge is 0.416 e. The molecule has 45 heavy (non-hydrogen) atoms. The monoisotopic (exact) mass is 640 g/mol. The Balaban J connectivity index is 0.000000246. The first-order valence-corrected chi connectivity index (χ1v) is 16.2. The fourth-order valence-electron chi connectivity index (χ4n) is 5.93. The Morgan fingerprint density at radius 1 is 0.711 bits per heavy atom. The van der Waals surface area contributed by atoms with E-state index in [-0.39, 0.29) is 29.3 Å². The lowest BCUT2D eigenvalue weighted by Gasteiger charge is -2.26. The fourth-order valence-corrected chi connectivity index (χ4v) is 5.93. The van der Waals surface area contributed by atoms with Crippen LogP contribution in [0.1, 0.15) is 103 Å². The molecule has 10 heteroatoms. The molecule has 0 amide bonds. The Morgan fingerprint density at radius 3 is 1.78 bits per heavy atom. The zero-order valence-corrected chi connectivity index (χ0v) is 26.4. The summed E-state index contributed by atoms with van der Waals surface area (Å²) in [5, 5.41) is 0. The minimum atomic E-state index is -4.62. The van der Waals surface area contributed by atoms with Crippen LogP contribution < -0.4 is 14.2 Å². The Labute approximate surface area is 262 Å². The van der Waals surface area contributed by atoms with E-state index in [1.54, 1.807) is 6.07 Å². The molecule has 0 unspecified atom stereocenters. The topological polar surface area (TPSA) is 61.8 Å². The minimum absolute atomic E-state index is 0.0538. The predicted octanol–water partition coefficient (Wildman–Crippen LogP) is 10.1. The average Bonchev–Trinajstić information content (AvgIpc) is 3.02. The van der Waals surface area contributed by atoms with Crippen molar-refractivity contribution >= 4 is 11.9 Å². The highest BCUT2D eigenvalue weighted by molar-refractivity contribution is 5.75. The fraction of sp³-hybridized carbons (Fsp3) is 0.600. The summed E-state index contributed by atoms with van der Waals surface area (Å²) in [4.78, 5) is 24.2. The highest BCUT2D eigenvalue weighted by Gasteiger charge is 2.32. The van der Waals surface area contributed by atoms with Crippen LogP contribution in [0, 0.1) is 35.3 Å². The third kappa shape index (κ3) is 11.3. The molecular formula is C35H45F5O5. The molecule has 0 saturated heterocycles. The lowest BCUT2D eigenvalue weighted by atomic mass is 9.80. The van der Waals surface area contributed by atoms with Crippen LogP contribution in [0.3, 0.4) is 0 Å². The van der Waals surface area contributed by atoms with Gasteiger partial charge in [0.15, 0.2) is 23.1 Å². The normalized spacial score (nSPS) is 21.7. The second kappa shape index (κ2) is 17.5. The van der Waals surface area contributed by atoms with Gasteiger partial charge in [0, 0.05) is 6.07 Å². The molecule has 2 aliphatic carbocycles. The van der Waals surface area contributed by atoms with E-state index in [1.165, 1.54) is 18.6 Å². The lowest BCUT2D eigenvalue weighted by molar-refractivity contribution is -0.141. The summed E-state index contributed by atoms with van der Waals surface area (Å²) >= 11 is 0. The molecule has 250 valence electrons. The van der Waals surface area contributed by atoms with Crippen LogP contribution in [0.2, 0.25) is 0 Å². The van der Waals surface area contributed by atoms with Gasteiger partial charge in [0.25, 0.3) is 0 Å². The van der Waals surface area contributed by atoms with Crippen LogP contribution in [-0.2, 0) is 15.8 Å². The molecule has 0 N–H and O–H groups in total. The standard InChI is InChI=1S/C18H25FO3.C17H20F4O2/c1-3-11-21-17-10-9-15(12-16(17)19)22-18(20)14-7-5-13(4-2)6-8-14;1-2-3-11-4-6-12(7-5-11)16(22)23-15-9-8-13(10-14(15)18)17(19,20)21/h9-10,12-14H,3-8,11H2,1-2H3;8-12H,2-7H2,1H3. The number of hydrogen-bond donors (Lipinski definition) is 0. The van der Waals surface area contributed by atoms with Crippen molar-refractivity contribution in [2.75, 3.05) is 6.61 Å². The van der Waals surface area contributed by atoms with Gasteiger partial charge in [0.05, 0.1) is 24.0 Å². The first-order valence-electron chi connectivity index (χ1n) is 16.2. The van der Waals surface area contributed by atoms with Crippen LogP contribution in [-0.4, -0.2) is 18.5 Å². The maximum atomic E-state index is 13.8. The van der Waals surface area contributed by atoms with E-state index >= 15 is 0 Å². The van der Waals surface area contributed by atoms with E-state index in [9.17, 15) is 31.5 Å². The van der Waals surface area contributed by atoms with Crippen LogP contribution in [0.25, 0.3) is 0 Å². The SMILES string of the molecule is CCCC1CCC(C(=O)Oc2ccc(C(F)(F)F)cc2F)CC1.CCCOc1ccc(OC(=O)C2CCC(CC)CC2)cc1F. The number of esters is 2. The van der Waals surface area contributed by atoms with Crippen molar-refractivity contribution in [2.24, 2.45) is 23.7 Å². The Hall–Kier alpha value is -3.17. The van der Waals surface area contributed by atoms with Gasteiger partial charge < -0.3 is 14.2 Å². The second-order valence-corrected chi connectivity index (χ2v) is 12.1. The zero-order valence-electron chi connectivity index (χ0n) is 26.4. The van der Waals surface area contributed by atoms with E-state index in [0.29, 0.717) is 37.5 Å². The Kier molecular flexibility index (Phi) is 14.1. The van der Waals surface area contributed by atoms with Crippen molar-refractivity contribution in [2.45, 2.75) is 104 Å². The number of alkyl halides is 3. The highest BCUT2D eigenvalue weighted by atomic mass is 19.4. The highest BCUT2D eigenvalue weighted by Crippen LogP contribution is 2.35. The first kappa shape index (κ1) is 36.3. The molecule has 0 bridgehead atoms. The molecule has 4 rings (SSSR count). The number of carbonyl (C=O) groups is 2. The maximum absolute atomic E-state index is 13.8. The van der Waals surface area contributed by atoms with E-state index in [4.69, 9.17) is 14.2 Å². The minimum Gasteiger partial charge on any atom is -0.491 e. The van der Waals surface area contributed by atoms with E-state index in [1.807, 2.05) is 6.92 Å². The number of hydrogen-bond acceptors (Lipinski definition) is 5. The lowest BCUT2D eigenvalue weighted by Crippen LogP contribution is -2.26. The van der Waals surface area contributed by atoms with Crippen LogP contribution in [0.5, 0.6) is 17.2 Å². The van der Waals surface area contributed by atoms with Gasteiger partial charge in [0.1, 0.15) is 5.75 Å². The summed E-state index contributed by atoms with van der Waals surface area (Å²) in [7, 11) is 0. The van der Waals surface area contributed by atoms with Gasteiger partial charge in [-0.05, 0) is 100.0 Å². The summed E-state index contributed by atoms with van der Waals surface area (Å²) in [5.41, 5.74) is -1.10. The number of halogens is 5. The number of rotatable bonds is 10. The van der Waals surface area contributed by atoms with E-state index < -0.39 is 35.1 Å². The van der Waals surface area contributed by atoms with Crippen LogP contribution in [0.4, 0.5) is 22.0 Å². The first-order chi connectivity index (χ1) is 21.4. The van der Waals surface area contributed by atoms with Crippen molar-refractivity contribution in [1.29, 1.82) is 0 Å². The van der Waals surface area contributed by atoms with Gasteiger partial charge >= 0.3 is 18.1 Å². The van der Waals surface area contributed by atoms with Gasteiger partial charge in [-0.2, -0.15) is 13.2 Å². The van der Waals surface area contributed by atoms with Gasteiger partial charge in [0.2, 0.25) is 0 Å². The molecule has 0 aromatic heterocycles. The van der Waals surface area contributed by atoms with Crippen molar-refractivity contribution in [3.8, 4) is 17.2 Å². The van der Waals surface area contributed by atoms with Gasteiger partial charge in [-0.1, -0.05) is 40.0 Å². The zero-order chi connectivity index (χ0) is 33.0. The van der Waals surface area contributed by atoms with Gasteiger partial charge in [-0.15, -0.1) is 0 Å². The third-order valence-corrected chi connectivity index (χ3v) is 8.69.